The van der Waals surface area contributed by atoms with Gasteiger partial charge in [0.1, 0.15) is 6.04 Å². The van der Waals surface area contributed by atoms with Gasteiger partial charge in [-0.25, -0.2) is 13.2 Å². The Bertz CT molecular complexity index is 1570. The number of hydrogen-bond donors (Lipinski definition) is 2. The van der Waals surface area contributed by atoms with Crippen LogP contribution in [-0.2, 0) is 14.8 Å². The highest BCUT2D eigenvalue weighted by molar-refractivity contribution is 7.92. The summed E-state index contributed by atoms with van der Waals surface area (Å²) in [5.74, 6) is -1.54. The fraction of sp³-hybridized carbons (Fsp3) is 0.160. The Hall–Kier alpha value is -3.76. The van der Waals surface area contributed by atoms with Gasteiger partial charge in [-0.05, 0) is 55.8 Å². The number of carboxylic acid groups (broad SMARTS) is 1. The van der Waals surface area contributed by atoms with Gasteiger partial charge in [0.2, 0.25) is 0 Å². The first-order valence-electron chi connectivity index (χ1n) is 10.8. The van der Waals surface area contributed by atoms with Crippen LogP contribution >= 0.6 is 11.3 Å². The number of fused-ring (bicyclic) bond motifs is 1. The van der Waals surface area contributed by atoms with E-state index in [0.717, 1.165) is 16.9 Å². The quantitative estimate of drug-likeness (QED) is 0.378. The van der Waals surface area contributed by atoms with Gasteiger partial charge in [-0.1, -0.05) is 54.2 Å². The van der Waals surface area contributed by atoms with Crippen LogP contribution in [0, 0.1) is 6.92 Å². The number of thiazole rings is 1. The lowest BCUT2D eigenvalue weighted by Crippen LogP contribution is -2.27. The monoisotopic (exact) mass is 509 g/mol. The molecule has 1 atom stereocenters. The molecule has 0 spiro atoms. The molecule has 0 aliphatic heterocycles. The third-order valence-corrected chi connectivity index (χ3v) is 7.83. The number of aliphatic carboxylic acids is 1. The van der Waals surface area contributed by atoms with Gasteiger partial charge in [-0.3, -0.25) is 9.52 Å². The van der Waals surface area contributed by atoms with Gasteiger partial charge < -0.3 is 9.67 Å². The smallest absolute Gasteiger partial charge is 0.326 e. The number of hydrogen-bond acceptors (Lipinski definition) is 5. The Morgan fingerprint density at radius 1 is 1.06 bits per heavy atom. The molecule has 1 heterocycles. The number of carboxylic acids is 1. The minimum atomic E-state index is -3.80. The number of anilines is 1. The number of sulfonamides is 1. The van der Waals surface area contributed by atoms with E-state index in [1.807, 2.05) is 6.92 Å². The van der Waals surface area contributed by atoms with Crippen molar-refractivity contribution in [3.63, 3.8) is 0 Å². The van der Waals surface area contributed by atoms with Crippen molar-refractivity contribution >= 4 is 49.1 Å². The molecular formula is C25H23N3O5S2. The van der Waals surface area contributed by atoms with Crippen LogP contribution < -0.4 is 9.52 Å². The summed E-state index contributed by atoms with van der Waals surface area (Å²) in [5.41, 5.74) is 2.25. The molecule has 0 aliphatic carbocycles. The number of amides is 1. The molecular weight excluding hydrogens is 486 g/mol. The summed E-state index contributed by atoms with van der Waals surface area (Å²) < 4.78 is 30.1. The molecule has 0 radical (unpaired) electrons. The van der Waals surface area contributed by atoms with Crippen LogP contribution in [0.3, 0.4) is 0 Å². The Balaban J connectivity index is 1.82. The highest BCUT2D eigenvalue weighted by Crippen LogP contribution is 2.27. The zero-order chi connectivity index (χ0) is 25.2. The topological polar surface area (TPSA) is 118 Å². The minimum absolute atomic E-state index is 0.123. The average Bonchev–Trinajstić information content (AvgIpc) is 3.17. The molecule has 1 aromatic heterocycles. The van der Waals surface area contributed by atoms with Crippen LogP contribution in [0.25, 0.3) is 10.2 Å². The van der Waals surface area contributed by atoms with Crippen molar-refractivity contribution in [1.82, 2.24) is 4.57 Å². The first kappa shape index (κ1) is 24.4. The zero-order valence-electron chi connectivity index (χ0n) is 19.0. The van der Waals surface area contributed by atoms with Crippen molar-refractivity contribution in [1.29, 1.82) is 0 Å². The number of nitrogens with one attached hydrogen (secondary N) is 1. The normalized spacial score (nSPS) is 13.0. The number of aryl methyl sites for hydroxylation is 1. The molecule has 3 aromatic carbocycles. The van der Waals surface area contributed by atoms with E-state index in [9.17, 15) is 23.1 Å². The molecule has 0 aliphatic rings. The lowest BCUT2D eigenvalue weighted by Gasteiger charge is -2.14. The Kier molecular flexibility index (Phi) is 6.86. The van der Waals surface area contributed by atoms with Gasteiger partial charge in [0.25, 0.3) is 15.9 Å². The molecule has 0 fully saturated rings. The van der Waals surface area contributed by atoms with E-state index in [0.29, 0.717) is 21.5 Å². The van der Waals surface area contributed by atoms with Gasteiger partial charge in [0.15, 0.2) is 4.80 Å². The van der Waals surface area contributed by atoms with Gasteiger partial charge in [-0.15, -0.1) is 0 Å². The predicted octanol–water partition coefficient (Wildman–Crippen LogP) is 4.59. The third-order valence-electron chi connectivity index (χ3n) is 5.41. The largest absolute Gasteiger partial charge is 0.480 e. The Morgan fingerprint density at radius 3 is 2.37 bits per heavy atom. The predicted molar refractivity (Wildman–Crippen MR) is 135 cm³/mol. The minimum Gasteiger partial charge on any atom is -0.480 e. The van der Waals surface area contributed by atoms with Crippen LogP contribution in [0.1, 0.15) is 35.3 Å². The van der Waals surface area contributed by atoms with Crippen LogP contribution in [0.4, 0.5) is 5.69 Å². The fourth-order valence-electron chi connectivity index (χ4n) is 3.62. The lowest BCUT2D eigenvalue weighted by atomic mass is 10.1. The molecule has 180 valence electrons. The maximum absolute atomic E-state index is 12.8. The van der Waals surface area contributed by atoms with E-state index in [4.69, 9.17) is 0 Å². The molecule has 1 unspecified atom stereocenters. The van der Waals surface area contributed by atoms with E-state index in [1.54, 1.807) is 67.6 Å². The van der Waals surface area contributed by atoms with E-state index in [1.165, 1.54) is 16.7 Å². The van der Waals surface area contributed by atoms with Crippen molar-refractivity contribution in [2.75, 3.05) is 4.72 Å². The van der Waals surface area contributed by atoms with E-state index >= 15 is 0 Å². The van der Waals surface area contributed by atoms with Crippen LogP contribution in [0.2, 0.25) is 0 Å². The molecule has 1 amide bonds. The second-order valence-corrected chi connectivity index (χ2v) is 10.6. The van der Waals surface area contributed by atoms with Gasteiger partial charge in [0, 0.05) is 5.56 Å². The average molecular weight is 510 g/mol. The molecule has 0 saturated heterocycles. The third kappa shape index (κ3) is 5.18. The summed E-state index contributed by atoms with van der Waals surface area (Å²) in [6.45, 7) is 3.65. The summed E-state index contributed by atoms with van der Waals surface area (Å²) in [7, 11) is -3.80. The number of aromatic nitrogens is 1. The van der Waals surface area contributed by atoms with Gasteiger partial charge >= 0.3 is 5.97 Å². The van der Waals surface area contributed by atoms with Crippen LogP contribution in [0.15, 0.2) is 82.7 Å². The number of carbonyl (C=O) groups is 2. The first-order valence-corrected chi connectivity index (χ1v) is 13.1. The number of carbonyl (C=O) groups excluding carboxylic acids is 1. The molecule has 35 heavy (non-hydrogen) atoms. The van der Waals surface area contributed by atoms with Crippen molar-refractivity contribution in [2.45, 2.75) is 31.2 Å². The summed E-state index contributed by atoms with van der Waals surface area (Å²) in [5, 5.41) is 9.81. The summed E-state index contributed by atoms with van der Waals surface area (Å²) in [6, 6.07) is 18.8. The van der Waals surface area contributed by atoms with Gasteiger partial charge in [-0.2, -0.15) is 4.99 Å². The van der Waals surface area contributed by atoms with Crippen molar-refractivity contribution < 1.29 is 23.1 Å². The lowest BCUT2D eigenvalue weighted by molar-refractivity contribution is -0.140. The van der Waals surface area contributed by atoms with Crippen LogP contribution in [0.5, 0.6) is 0 Å². The SMILES string of the molecule is CCC(C(=O)O)n1/c(=N/C(=O)c2ccc(C)cc2)sc2cc(NS(=O)(=O)c3ccccc3)ccc21. The van der Waals surface area contributed by atoms with Crippen molar-refractivity contribution in [3.05, 3.63) is 88.7 Å². The summed E-state index contributed by atoms with van der Waals surface area (Å²) >= 11 is 1.12. The second-order valence-electron chi connectivity index (χ2n) is 7.90. The van der Waals surface area contributed by atoms with E-state index in [-0.39, 0.29) is 16.1 Å². The molecule has 4 rings (SSSR count). The fourth-order valence-corrected chi connectivity index (χ4v) is 5.79. The molecule has 10 heteroatoms. The molecule has 8 nitrogen and oxygen atoms in total. The molecule has 2 N–H and O–H groups in total. The molecule has 4 aromatic rings. The van der Waals surface area contributed by atoms with Crippen molar-refractivity contribution in [3.8, 4) is 0 Å². The Labute approximate surface area is 206 Å². The highest BCUT2D eigenvalue weighted by atomic mass is 32.2. The van der Waals surface area contributed by atoms with Crippen molar-refractivity contribution in [2.24, 2.45) is 4.99 Å². The number of nitrogens with zero attached hydrogens (tertiary/aromatic N) is 2. The zero-order valence-corrected chi connectivity index (χ0v) is 20.6. The second kappa shape index (κ2) is 9.85. The molecule has 0 saturated carbocycles. The Morgan fingerprint density at radius 2 is 1.74 bits per heavy atom. The summed E-state index contributed by atoms with van der Waals surface area (Å²) in [4.78, 5) is 29.4. The first-order chi connectivity index (χ1) is 16.7. The number of benzene rings is 3. The maximum atomic E-state index is 12.8. The number of rotatable bonds is 7. The van der Waals surface area contributed by atoms with Gasteiger partial charge in [0.05, 0.1) is 20.8 Å². The van der Waals surface area contributed by atoms with E-state index in [2.05, 4.69) is 9.71 Å². The summed E-state index contributed by atoms with van der Waals surface area (Å²) in [6.07, 6.45) is 0.273. The van der Waals surface area contributed by atoms with E-state index < -0.39 is 27.9 Å². The highest BCUT2D eigenvalue weighted by Gasteiger charge is 2.23. The van der Waals surface area contributed by atoms with Crippen LogP contribution in [-0.4, -0.2) is 30.0 Å². The maximum Gasteiger partial charge on any atom is 0.326 e. The standard InChI is InChI=1S/C25H23N3O5S2/c1-3-20(24(30)31)28-21-14-13-18(27-35(32,33)19-7-5-4-6-8-19)15-22(21)34-25(28)26-23(29)17-11-9-16(2)10-12-17/h4-15,20,27H,3H2,1-2H3,(H,30,31)/b26-25-. The molecule has 0 bridgehead atoms.